The number of ether oxygens (including phenoxy) is 1. The molecule has 0 saturated carbocycles. The molecule has 1 aliphatic rings. The van der Waals surface area contributed by atoms with E-state index in [1.807, 2.05) is 23.1 Å². The molecule has 1 atom stereocenters. The van der Waals surface area contributed by atoms with Gasteiger partial charge < -0.3 is 9.64 Å². The summed E-state index contributed by atoms with van der Waals surface area (Å²) in [7, 11) is 0. The monoisotopic (exact) mass is 334 g/mol. The van der Waals surface area contributed by atoms with E-state index in [-0.39, 0.29) is 5.91 Å². The fourth-order valence-corrected chi connectivity index (χ4v) is 3.17. The summed E-state index contributed by atoms with van der Waals surface area (Å²) in [6.45, 7) is 2.80. The number of rotatable bonds is 5. The quantitative estimate of drug-likeness (QED) is 0.839. The third kappa shape index (κ3) is 4.68. The van der Waals surface area contributed by atoms with Crippen molar-refractivity contribution < 1.29 is 9.53 Å². The average molecular weight is 334 g/mol. The zero-order valence-corrected chi connectivity index (χ0v) is 14.2. The number of benzene rings is 2. The van der Waals surface area contributed by atoms with Crippen molar-refractivity contribution in [2.75, 3.05) is 19.7 Å². The van der Waals surface area contributed by atoms with E-state index < -0.39 is 0 Å². The lowest BCUT2D eigenvalue weighted by molar-refractivity contribution is 0.0425. The third-order valence-corrected chi connectivity index (χ3v) is 4.53. The van der Waals surface area contributed by atoms with Crippen LogP contribution in [-0.2, 0) is 11.3 Å². The molecular formula is C21H22N2O2. The number of carbonyl (C=O) groups is 1. The van der Waals surface area contributed by atoms with Gasteiger partial charge in [-0.05, 0) is 48.6 Å². The lowest BCUT2D eigenvalue weighted by atomic mass is 9.98. The molecule has 1 heterocycles. The van der Waals surface area contributed by atoms with Crippen LogP contribution < -0.4 is 0 Å². The number of nitriles is 1. The van der Waals surface area contributed by atoms with Crippen LogP contribution in [0.2, 0.25) is 0 Å². The molecule has 0 N–H and O–H groups in total. The van der Waals surface area contributed by atoms with Gasteiger partial charge in [-0.1, -0.05) is 30.3 Å². The number of amides is 1. The van der Waals surface area contributed by atoms with Crippen molar-refractivity contribution in [3.8, 4) is 6.07 Å². The molecule has 2 aromatic rings. The Kier molecular flexibility index (Phi) is 5.81. The van der Waals surface area contributed by atoms with Crippen LogP contribution in [0.5, 0.6) is 0 Å². The molecule has 1 unspecified atom stereocenters. The van der Waals surface area contributed by atoms with Crippen molar-refractivity contribution in [3.63, 3.8) is 0 Å². The SMILES string of the molecule is N#Cc1ccc(C(=O)N2CCCC(COCc3ccccc3)C2)cc1. The first-order valence-corrected chi connectivity index (χ1v) is 8.67. The first-order chi connectivity index (χ1) is 12.3. The summed E-state index contributed by atoms with van der Waals surface area (Å²) in [4.78, 5) is 14.5. The second-order valence-electron chi connectivity index (χ2n) is 6.45. The van der Waals surface area contributed by atoms with Gasteiger partial charge in [0.2, 0.25) is 0 Å². The Morgan fingerprint density at radius 1 is 1.16 bits per heavy atom. The minimum absolute atomic E-state index is 0.0391. The van der Waals surface area contributed by atoms with Gasteiger partial charge in [-0.2, -0.15) is 5.26 Å². The van der Waals surface area contributed by atoms with Crippen molar-refractivity contribution in [3.05, 3.63) is 71.3 Å². The largest absolute Gasteiger partial charge is 0.376 e. The van der Waals surface area contributed by atoms with Crippen molar-refractivity contribution in [2.45, 2.75) is 19.4 Å². The van der Waals surface area contributed by atoms with Crippen LogP contribution in [-0.4, -0.2) is 30.5 Å². The number of carbonyl (C=O) groups excluding carboxylic acids is 1. The predicted molar refractivity (Wildman–Crippen MR) is 95.9 cm³/mol. The number of nitrogens with zero attached hydrogens (tertiary/aromatic N) is 2. The molecule has 0 spiro atoms. The average Bonchev–Trinajstić information content (AvgIpc) is 2.68. The molecular weight excluding hydrogens is 312 g/mol. The molecule has 0 radical (unpaired) electrons. The lowest BCUT2D eigenvalue weighted by Gasteiger charge is -2.32. The predicted octanol–water partition coefficient (Wildman–Crippen LogP) is 3.63. The summed E-state index contributed by atoms with van der Waals surface area (Å²) in [6.07, 6.45) is 2.09. The van der Waals surface area contributed by atoms with E-state index in [0.29, 0.717) is 30.3 Å². The molecule has 0 bridgehead atoms. The first-order valence-electron chi connectivity index (χ1n) is 8.67. The van der Waals surface area contributed by atoms with Gasteiger partial charge in [0.25, 0.3) is 5.91 Å². The fourth-order valence-electron chi connectivity index (χ4n) is 3.17. The summed E-state index contributed by atoms with van der Waals surface area (Å²) in [5.41, 5.74) is 2.39. The molecule has 4 nitrogen and oxygen atoms in total. The highest BCUT2D eigenvalue weighted by Crippen LogP contribution is 2.19. The van der Waals surface area contributed by atoms with Crippen LogP contribution in [0.15, 0.2) is 54.6 Å². The second kappa shape index (κ2) is 8.46. The maximum Gasteiger partial charge on any atom is 0.253 e. The van der Waals surface area contributed by atoms with Gasteiger partial charge in [0, 0.05) is 18.7 Å². The maximum absolute atomic E-state index is 12.6. The van der Waals surface area contributed by atoms with Gasteiger partial charge in [-0.15, -0.1) is 0 Å². The van der Waals surface area contributed by atoms with Crippen molar-refractivity contribution in [1.82, 2.24) is 4.90 Å². The van der Waals surface area contributed by atoms with Crippen LogP contribution in [0.4, 0.5) is 0 Å². The summed E-state index contributed by atoms with van der Waals surface area (Å²) < 4.78 is 5.85. The lowest BCUT2D eigenvalue weighted by Crippen LogP contribution is -2.41. The molecule has 3 rings (SSSR count). The normalized spacial score (nSPS) is 17.1. The Morgan fingerprint density at radius 2 is 1.92 bits per heavy atom. The maximum atomic E-state index is 12.6. The Bertz CT molecular complexity index is 735. The Morgan fingerprint density at radius 3 is 2.64 bits per heavy atom. The molecule has 1 fully saturated rings. The Labute approximate surface area is 148 Å². The van der Waals surface area contributed by atoms with Gasteiger partial charge in [-0.3, -0.25) is 4.79 Å². The van der Waals surface area contributed by atoms with E-state index in [1.165, 1.54) is 5.56 Å². The second-order valence-corrected chi connectivity index (χ2v) is 6.45. The van der Waals surface area contributed by atoms with E-state index in [9.17, 15) is 4.79 Å². The van der Waals surface area contributed by atoms with Gasteiger partial charge in [0.1, 0.15) is 0 Å². The zero-order valence-electron chi connectivity index (χ0n) is 14.2. The number of hydrogen-bond acceptors (Lipinski definition) is 3. The van der Waals surface area contributed by atoms with Crippen LogP contribution in [0.25, 0.3) is 0 Å². The molecule has 4 heteroatoms. The molecule has 1 aliphatic heterocycles. The first kappa shape index (κ1) is 17.2. The highest BCUT2D eigenvalue weighted by molar-refractivity contribution is 5.94. The molecule has 0 aliphatic carbocycles. The van der Waals surface area contributed by atoms with Crippen LogP contribution >= 0.6 is 0 Å². The fraction of sp³-hybridized carbons (Fsp3) is 0.333. The van der Waals surface area contributed by atoms with Crippen molar-refractivity contribution in [2.24, 2.45) is 5.92 Å². The summed E-state index contributed by atoms with van der Waals surface area (Å²) in [5.74, 6) is 0.414. The van der Waals surface area contributed by atoms with E-state index in [1.54, 1.807) is 24.3 Å². The van der Waals surface area contributed by atoms with E-state index >= 15 is 0 Å². The summed E-state index contributed by atoms with van der Waals surface area (Å²) in [5, 5.41) is 8.86. The van der Waals surface area contributed by atoms with E-state index in [4.69, 9.17) is 10.00 Å². The van der Waals surface area contributed by atoms with Crippen molar-refractivity contribution in [1.29, 1.82) is 5.26 Å². The third-order valence-electron chi connectivity index (χ3n) is 4.53. The summed E-state index contributed by atoms with van der Waals surface area (Å²) in [6, 6.07) is 19.1. The van der Waals surface area contributed by atoms with Gasteiger partial charge >= 0.3 is 0 Å². The van der Waals surface area contributed by atoms with Gasteiger partial charge in [0.15, 0.2) is 0 Å². The summed E-state index contributed by atoms with van der Waals surface area (Å²) >= 11 is 0. The molecule has 1 amide bonds. The molecule has 2 aromatic carbocycles. The highest BCUT2D eigenvalue weighted by atomic mass is 16.5. The minimum atomic E-state index is 0.0391. The standard InChI is InChI=1S/C21H22N2O2/c22-13-17-8-10-20(11-9-17)21(24)23-12-4-7-19(14-23)16-25-15-18-5-2-1-3-6-18/h1-3,5-6,8-11,19H,4,7,12,14-16H2. The van der Waals surface area contributed by atoms with Gasteiger partial charge in [-0.25, -0.2) is 0 Å². The van der Waals surface area contributed by atoms with Crippen LogP contribution in [0.1, 0.15) is 34.3 Å². The highest BCUT2D eigenvalue weighted by Gasteiger charge is 2.24. The van der Waals surface area contributed by atoms with Crippen LogP contribution in [0, 0.1) is 17.2 Å². The smallest absolute Gasteiger partial charge is 0.253 e. The number of hydrogen-bond donors (Lipinski definition) is 0. The van der Waals surface area contributed by atoms with Crippen molar-refractivity contribution >= 4 is 5.91 Å². The van der Waals surface area contributed by atoms with E-state index in [0.717, 1.165) is 25.9 Å². The number of piperidine rings is 1. The topological polar surface area (TPSA) is 53.3 Å². The Hall–Kier alpha value is -2.64. The van der Waals surface area contributed by atoms with Gasteiger partial charge in [0.05, 0.1) is 24.8 Å². The molecule has 128 valence electrons. The molecule has 1 saturated heterocycles. The molecule has 0 aromatic heterocycles. The number of likely N-dealkylation sites (tertiary alicyclic amines) is 1. The molecule has 25 heavy (non-hydrogen) atoms. The zero-order chi connectivity index (χ0) is 17.5. The van der Waals surface area contributed by atoms with Crippen LogP contribution in [0.3, 0.4) is 0 Å². The minimum Gasteiger partial charge on any atom is -0.376 e. The van der Waals surface area contributed by atoms with E-state index in [2.05, 4.69) is 18.2 Å². The Balaban J connectivity index is 1.51.